The summed E-state index contributed by atoms with van der Waals surface area (Å²) >= 11 is 5.17. The van der Waals surface area contributed by atoms with Crippen molar-refractivity contribution in [2.45, 2.75) is 31.5 Å². The van der Waals surface area contributed by atoms with Gasteiger partial charge < -0.3 is 9.15 Å². The zero-order chi connectivity index (χ0) is 16.9. The Morgan fingerprint density at radius 1 is 1.33 bits per heavy atom. The van der Waals surface area contributed by atoms with E-state index in [0.717, 1.165) is 22.8 Å². The van der Waals surface area contributed by atoms with Crippen molar-refractivity contribution < 1.29 is 9.15 Å². The van der Waals surface area contributed by atoms with Crippen LogP contribution < -0.4 is 4.74 Å². The van der Waals surface area contributed by atoms with E-state index in [1.54, 1.807) is 11.3 Å². The third-order valence-corrected chi connectivity index (χ3v) is 4.71. The van der Waals surface area contributed by atoms with Gasteiger partial charge in [-0.2, -0.15) is 0 Å². The molecule has 0 radical (unpaired) electrons. The first-order valence-electron chi connectivity index (χ1n) is 7.84. The first-order valence-corrected chi connectivity index (χ1v) is 9.63. The maximum Gasteiger partial charge on any atom is 0.236 e. The second-order valence-corrected chi connectivity index (χ2v) is 8.10. The number of nitrogens with zero attached hydrogens (tertiary/aromatic N) is 2. The summed E-state index contributed by atoms with van der Waals surface area (Å²) in [5.41, 5.74) is 2.13. The maximum absolute atomic E-state index is 5.74. The molecule has 0 saturated carbocycles. The Labute approximate surface area is 154 Å². The van der Waals surface area contributed by atoms with Crippen LogP contribution in [-0.2, 0) is 12.8 Å². The molecular formula is C18H19BrN2O2S. The minimum atomic E-state index is 0.443. The van der Waals surface area contributed by atoms with Gasteiger partial charge in [0.05, 0.1) is 17.2 Å². The lowest BCUT2D eigenvalue weighted by molar-refractivity contribution is 0.307. The molecule has 0 saturated heterocycles. The van der Waals surface area contributed by atoms with Crippen LogP contribution in [0.4, 0.5) is 0 Å². The molecule has 0 aliphatic carbocycles. The van der Waals surface area contributed by atoms with Gasteiger partial charge in [-0.1, -0.05) is 35.0 Å². The highest BCUT2D eigenvalue weighted by atomic mass is 79.9. The first-order chi connectivity index (χ1) is 11.6. The van der Waals surface area contributed by atoms with E-state index in [9.17, 15) is 0 Å². The Morgan fingerprint density at radius 2 is 2.21 bits per heavy atom. The minimum absolute atomic E-state index is 0.443. The van der Waals surface area contributed by atoms with Crippen LogP contribution in [0.15, 0.2) is 40.3 Å². The van der Waals surface area contributed by atoms with Crippen LogP contribution in [0, 0.1) is 6.92 Å². The summed E-state index contributed by atoms with van der Waals surface area (Å²) in [5.74, 6) is 2.17. The largest absolute Gasteiger partial charge is 0.477 e. The summed E-state index contributed by atoms with van der Waals surface area (Å²) in [4.78, 5) is 10.4. The summed E-state index contributed by atoms with van der Waals surface area (Å²) < 4.78 is 11.5. The molecule has 1 unspecified atom stereocenters. The molecule has 0 N–H and O–H groups in total. The number of alkyl halides is 1. The number of rotatable bonds is 7. The Kier molecular flexibility index (Phi) is 5.68. The summed E-state index contributed by atoms with van der Waals surface area (Å²) in [7, 11) is 0. The predicted molar refractivity (Wildman–Crippen MR) is 100 cm³/mol. The van der Waals surface area contributed by atoms with Gasteiger partial charge in [0.25, 0.3) is 0 Å². The van der Waals surface area contributed by atoms with Crippen LogP contribution in [0.2, 0.25) is 0 Å². The highest BCUT2D eigenvalue weighted by Crippen LogP contribution is 2.26. The molecule has 1 atom stereocenters. The fourth-order valence-corrected chi connectivity index (χ4v) is 3.38. The smallest absolute Gasteiger partial charge is 0.236 e. The summed E-state index contributed by atoms with van der Waals surface area (Å²) in [6.07, 6.45) is 3.52. The van der Waals surface area contributed by atoms with Crippen LogP contribution >= 0.6 is 27.3 Å². The predicted octanol–water partition coefficient (Wildman–Crippen LogP) is 5.05. The zero-order valence-corrected chi connectivity index (χ0v) is 16.1. The average Bonchev–Trinajstić information content (AvgIpc) is 3.19. The molecule has 0 aliphatic heterocycles. The molecule has 0 fully saturated rings. The Balaban J connectivity index is 1.55. The molecule has 126 valence electrons. The van der Waals surface area contributed by atoms with Crippen LogP contribution in [0.5, 0.6) is 5.88 Å². The molecule has 0 amide bonds. The van der Waals surface area contributed by atoms with E-state index >= 15 is 0 Å². The van der Waals surface area contributed by atoms with Crippen LogP contribution in [-0.4, -0.2) is 21.4 Å². The molecule has 0 aliphatic rings. The number of thiophene rings is 1. The molecule has 24 heavy (non-hydrogen) atoms. The SMILES string of the molecule is Cc1oc(-c2cccs2)nc1CCOc1ccc(CC(C)Br)cn1. The fraction of sp³-hybridized carbons (Fsp3) is 0.333. The minimum Gasteiger partial charge on any atom is -0.477 e. The summed E-state index contributed by atoms with van der Waals surface area (Å²) in [6.45, 7) is 4.58. The summed E-state index contributed by atoms with van der Waals surface area (Å²) in [6, 6.07) is 7.97. The van der Waals surface area contributed by atoms with Crippen molar-refractivity contribution in [3.05, 3.63) is 52.9 Å². The van der Waals surface area contributed by atoms with E-state index in [4.69, 9.17) is 9.15 Å². The van der Waals surface area contributed by atoms with Gasteiger partial charge in [-0.05, 0) is 30.4 Å². The van der Waals surface area contributed by atoms with Gasteiger partial charge in [0.15, 0.2) is 0 Å². The van der Waals surface area contributed by atoms with Gasteiger partial charge >= 0.3 is 0 Å². The van der Waals surface area contributed by atoms with Gasteiger partial charge in [-0.3, -0.25) is 0 Å². The summed E-state index contributed by atoms with van der Waals surface area (Å²) in [5, 5.41) is 2.02. The number of aryl methyl sites for hydroxylation is 1. The normalized spacial score (nSPS) is 12.3. The quantitative estimate of drug-likeness (QED) is 0.514. The number of ether oxygens (including phenoxy) is 1. The van der Waals surface area contributed by atoms with Crippen LogP contribution in [0.1, 0.15) is 23.9 Å². The lowest BCUT2D eigenvalue weighted by Gasteiger charge is -2.06. The van der Waals surface area contributed by atoms with Crippen molar-refractivity contribution in [1.82, 2.24) is 9.97 Å². The molecule has 3 rings (SSSR count). The third-order valence-electron chi connectivity index (χ3n) is 3.53. The molecule has 3 heterocycles. The second-order valence-electron chi connectivity index (χ2n) is 5.59. The molecule has 4 nitrogen and oxygen atoms in total. The highest BCUT2D eigenvalue weighted by Gasteiger charge is 2.12. The average molecular weight is 407 g/mol. The third kappa shape index (κ3) is 4.45. The molecule has 3 aromatic rings. The van der Waals surface area contributed by atoms with Crippen molar-refractivity contribution in [2.24, 2.45) is 0 Å². The molecule has 3 aromatic heterocycles. The van der Waals surface area contributed by atoms with Gasteiger partial charge in [-0.25, -0.2) is 9.97 Å². The van der Waals surface area contributed by atoms with Crippen molar-refractivity contribution in [3.63, 3.8) is 0 Å². The van der Waals surface area contributed by atoms with Crippen molar-refractivity contribution in [2.75, 3.05) is 6.61 Å². The van der Waals surface area contributed by atoms with E-state index in [1.807, 2.05) is 36.7 Å². The van der Waals surface area contributed by atoms with E-state index in [-0.39, 0.29) is 0 Å². The Hall–Kier alpha value is -1.66. The number of aromatic nitrogens is 2. The van der Waals surface area contributed by atoms with Crippen LogP contribution in [0.25, 0.3) is 10.8 Å². The number of halogens is 1. The number of hydrogen-bond donors (Lipinski definition) is 0. The molecule has 0 spiro atoms. The molecular weight excluding hydrogens is 388 g/mol. The fourth-order valence-electron chi connectivity index (χ4n) is 2.36. The van der Waals surface area contributed by atoms with Gasteiger partial charge in [0.1, 0.15) is 5.76 Å². The van der Waals surface area contributed by atoms with Crippen LogP contribution in [0.3, 0.4) is 0 Å². The zero-order valence-electron chi connectivity index (χ0n) is 13.7. The number of pyridine rings is 1. The second kappa shape index (κ2) is 7.94. The van der Waals surface area contributed by atoms with Crippen molar-refractivity contribution in [1.29, 1.82) is 0 Å². The lowest BCUT2D eigenvalue weighted by atomic mass is 10.2. The molecule has 0 aromatic carbocycles. The van der Waals surface area contributed by atoms with Crippen molar-refractivity contribution >= 4 is 27.3 Å². The van der Waals surface area contributed by atoms with Crippen molar-refractivity contribution in [3.8, 4) is 16.6 Å². The van der Waals surface area contributed by atoms with Gasteiger partial charge in [-0.15, -0.1) is 11.3 Å². The monoisotopic (exact) mass is 406 g/mol. The molecule has 0 bridgehead atoms. The topological polar surface area (TPSA) is 48.2 Å². The van der Waals surface area contributed by atoms with E-state index in [2.05, 4.69) is 38.9 Å². The van der Waals surface area contributed by atoms with E-state index in [1.165, 1.54) is 5.56 Å². The molecule has 6 heteroatoms. The number of hydrogen-bond acceptors (Lipinski definition) is 5. The Morgan fingerprint density at radius 3 is 2.88 bits per heavy atom. The highest BCUT2D eigenvalue weighted by molar-refractivity contribution is 9.09. The van der Waals surface area contributed by atoms with E-state index < -0.39 is 0 Å². The lowest BCUT2D eigenvalue weighted by Crippen LogP contribution is -2.04. The Bertz CT molecular complexity index is 767. The maximum atomic E-state index is 5.74. The first kappa shape index (κ1) is 17.2. The van der Waals surface area contributed by atoms with Gasteiger partial charge in [0.2, 0.25) is 11.8 Å². The number of oxazole rings is 1. The van der Waals surface area contributed by atoms with E-state index in [0.29, 0.717) is 29.6 Å². The standard InChI is InChI=1S/C18H19BrN2O2S/c1-12(19)10-14-5-6-17(20-11-14)22-8-7-15-13(2)23-18(21-15)16-4-3-9-24-16/h3-6,9,11-12H,7-8,10H2,1-2H3. The van der Waals surface area contributed by atoms with Gasteiger partial charge in [0, 0.05) is 23.5 Å².